The maximum Gasteiger partial charge on any atom is 0.342 e. The summed E-state index contributed by atoms with van der Waals surface area (Å²) in [5.74, 6) is -0.0375. The van der Waals surface area contributed by atoms with Crippen LogP contribution in [0.1, 0.15) is 18.7 Å². The third-order valence-electron chi connectivity index (χ3n) is 2.61. The summed E-state index contributed by atoms with van der Waals surface area (Å²) >= 11 is 0. The Morgan fingerprint density at radius 1 is 1.50 bits per heavy atom. The number of imidazole rings is 1. The number of nitro groups is 1. The zero-order valence-corrected chi connectivity index (χ0v) is 12.5. The summed E-state index contributed by atoms with van der Waals surface area (Å²) in [7, 11) is 1.29. The molecule has 22 heavy (non-hydrogen) atoms. The molecule has 1 aromatic rings. The summed E-state index contributed by atoms with van der Waals surface area (Å²) in [4.78, 5) is 34.5. The fourth-order valence-corrected chi connectivity index (χ4v) is 1.42. The van der Waals surface area contributed by atoms with E-state index in [-0.39, 0.29) is 50.1 Å². The smallest absolute Gasteiger partial charge is 0.342 e. The van der Waals surface area contributed by atoms with E-state index in [9.17, 15) is 19.7 Å². The van der Waals surface area contributed by atoms with Gasteiger partial charge in [0.25, 0.3) is 0 Å². The summed E-state index contributed by atoms with van der Waals surface area (Å²) in [6, 6.07) is 0. The van der Waals surface area contributed by atoms with Gasteiger partial charge in [0.05, 0.1) is 26.7 Å². The third-order valence-corrected chi connectivity index (χ3v) is 2.61. The van der Waals surface area contributed by atoms with E-state index in [0.717, 1.165) is 0 Å². The van der Waals surface area contributed by atoms with E-state index in [2.05, 4.69) is 9.72 Å². The Kier molecular flexibility index (Phi) is 9.30. The molecule has 0 aliphatic heterocycles. The predicted molar refractivity (Wildman–Crippen MR) is 76.0 cm³/mol. The van der Waals surface area contributed by atoms with Crippen LogP contribution >= 0.6 is 0 Å². The lowest BCUT2D eigenvalue weighted by molar-refractivity contribution is -0.392. The number of nitrogens with zero attached hydrogens (tertiary/aromatic N) is 3. The molecule has 10 nitrogen and oxygen atoms in total. The number of rotatable bonds is 7. The largest absolute Gasteiger partial charge is 0.469 e. The van der Waals surface area contributed by atoms with E-state index in [1.807, 2.05) is 0 Å². The first kappa shape index (κ1) is 19.7. The Morgan fingerprint density at radius 2 is 2.14 bits per heavy atom. The van der Waals surface area contributed by atoms with Gasteiger partial charge >= 0.3 is 11.8 Å². The highest BCUT2D eigenvalue weighted by Crippen LogP contribution is 2.12. The average molecular weight is 316 g/mol. The summed E-state index contributed by atoms with van der Waals surface area (Å²) in [6.45, 7) is 1.74. The number of carbonyl (C=O) groups is 2. The van der Waals surface area contributed by atoms with Gasteiger partial charge in [-0.15, -0.1) is 0 Å². The molecule has 0 saturated carbocycles. The predicted octanol–water partition coefficient (Wildman–Crippen LogP) is -0.441. The van der Waals surface area contributed by atoms with Gasteiger partial charge in [-0.05, 0) is 4.92 Å². The van der Waals surface area contributed by atoms with Crippen molar-refractivity contribution in [3.63, 3.8) is 0 Å². The maximum atomic E-state index is 10.5. The molecule has 0 aliphatic rings. The molecule has 10 heteroatoms. The van der Waals surface area contributed by atoms with Crippen LogP contribution in [0.25, 0.3) is 0 Å². The molecule has 0 fully saturated rings. The van der Waals surface area contributed by atoms with Crippen LogP contribution in [0.15, 0.2) is 6.20 Å². The fraction of sp³-hybridized carbons (Fsp3) is 0.583. The number of aliphatic hydroxyl groups excluding tert-OH is 1. The SMILES string of the molecule is COC(=O)CCC(=O)CN.Cc1ncc([N+](=O)[O-])n1CCO. The van der Waals surface area contributed by atoms with Gasteiger partial charge in [-0.1, -0.05) is 0 Å². The van der Waals surface area contributed by atoms with Crippen LogP contribution in [0.5, 0.6) is 0 Å². The second-order valence-corrected chi connectivity index (χ2v) is 4.11. The topological polar surface area (TPSA) is 151 Å². The average Bonchev–Trinajstić information content (AvgIpc) is 2.87. The van der Waals surface area contributed by atoms with Crippen molar-refractivity contribution in [1.29, 1.82) is 0 Å². The van der Waals surface area contributed by atoms with Crippen molar-refractivity contribution in [3.05, 3.63) is 22.1 Å². The van der Waals surface area contributed by atoms with Gasteiger partial charge in [-0.3, -0.25) is 9.59 Å². The van der Waals surface area contributed by atoms with Gasteiger partial charge in [0.1, 0.15) is 18.5 Å². The van der Waals surface area contributed by atoms with Gasteiger partial charge in [0, 0.05) is 13.3 Å². The first-order valence-electron chi connectivity index (χ1n) is 6.43. The molecular weight excluding hydrogens is 296 g/mol. The van der Waals surface area contributed by atoms with Crippen molar-refractivity contribution in [1.82, 2.24) is 9.55 Å². The van der Waals surface area contributed by atoms with Crippen molar-refractivity contribution < 1.29 is 24.4 Å². The zero-order valence-electron chi connectivity index (χ0n) is 12.5. The van der Waals surface area contributed by atoms with Gasteiger partial charge in [-0.2, -0.15) is 0 Å². The highest BCUT2D eigenvalue weighted by atomic mass is 16.6. The van der Waals surface area contributed by atoms with Gasteiger partial charge in [0.2, 0.25) is 0 Å². The van der Waals surface area contributed by atoms with E-state index in [1.54, 1.807) is 6.92 Å². The van der Waals surface area contributed by atoms with Crippen LogP contribution in [-0.4, -0.2) is 51.6 Å². The number of esters is 1. The number of hydrogen-bond acceptors (Lipinski definition) is 8. The van der Waals surface area contributed by atoms with Crippen LogP contribution in [0.3, 0.4) is 0 Å². The molecule has 0 amide bonds. The monoisotopic (exact) mass is 316 g/mol. The van der Waals surface area contributed by atoms with Crippen LogP contribution in [0, 0.1) is 17.0 Å². The summed E-state index contributed by atoms with van der Waals surface area (Å²) in [5.41, 5.74) is 5.00. The molecule has 1 aromatic heterocycles. The van der Waals surface area contributed by atoms with Gasteiger partial charge < -0.3 is 25.7 Å². The second kappa shape index (κ2) is 10.4. The summed E-state index contributed by atoms with van der Waals surface area (Å²) < 4.78 is 5.67. The highest BCUT2D eigenvalue weighted by Gasteiger charge is 2.15. The minimum atomic E-state index is -0.518. The zero-order chi connectivity index (χ0) is 17.1. The minimum Gasteiger partial charge on any atom is -0.469 e. The van der Waals surface area contributed by atoms with Crippen molar-refractivity contribution in [3.8, 4) is 0 Å². The quantitative estimate of drug-likeness (QED) is 0.390. The lowest BCUT2D eigenvalue weighted by atomic mass is 10.2. The maximum absolute atomic E-state index is 10.5. The molecular formula is C12H20N4O6. The third kappa shape index (κ3) is 6.90. The van der Waals surface area contributed by atoms with Gasteiger partial charge in [0.15, 0.2) is 5.82 Å². The van der Waals surface area contributed by atoms with E-state index in [1.165, 1.54) is 17.9 Å². The minimum absolute atomic E-state index is 0.00298. The number of methoxy groups -OCH3 is 1. The summed E-state index contributed by atoms with van der Waals surface area (Å²) in [5, 5.41) is 19.0. The Hall–Kier alpha value is -2.33. The first-order valence-corrected chi connectivity index (χ1v) is 6.43. The molecule has 0 aromatic carbocycles. The Labute approximate surface area is 127 Å². The number of hydrogen-bond donors (Lipinski definition) is 2. The molecule has 0 radical (unpaired) electrons. The molecule has 0 unspecified atom stereocenters. The molecule has 0 aliphatic carbocycles. The summed E-state index contributed by atoms with van der Waals surface area (Å²) in [6.07, 6.45) is 1.50. The number of Topliss-reactive ketones (excluding diaryl/α,β-unsaturated/α-hetero) is 1. The van der Waals surface area contributed by atoms with E-state index in [0.29, 0.717) is 5.82 Å². The number of aryl methyl sites for hydroxylation is 1. The molecule has 1 rings (SSSR count). The molecule has 0 spiro atoms. The molecule has 3 N–H and O–H groups in total. The van der Waals surface area contributed by atoms with Crippen molar-refractivity contribution in [2.24, 2.45) is 5.73 Å². The Balaban J connectivity index is 0.000000409. The first-order chi connectivity index (χ1) is 10.4. The molecule has 0 saturated heterocycles. The van der Waals surface area contributed by atoms with Crippen molar-refractivity contribution >= 4 is 17.6 Å². The second-order valence-electron chi connectivity index (χ2n) is 4.11. The fourth-order valence-electron chi connectivity index (χ4n) is 1.42. The van der Waals surface area contributed by atoms with E-state index >= 15 is 0 Å². The number of nitrogens with two attached hydrogens (primary N) is 1. The molecule has 1 heterocycles. The number of ketones is 1. The lowest BCUT2D eigenvalue weighted by Gasteiger charge is -1.98. The van der Waals surface area contributed by atoms with Crippen LogP contribution in [0.4, 0.5) is 5.82 Å². The van der Waals surface area contributed by atoms with Crippen LogP contribution < -0.4 is 5.73 Å². The van der Waals surface area contributed by atoms with Gasteiger partial charge in [-0.25, -0.2) is 9.55 Å². The standard InChI is InChI=1S/C6H9N3O3.C6H11NO3/c1-5-7-4-6(9(11)12)8(5)2-3-10;1-10-6(9)3-2-5(8)4-7/h4,10H,2-3H2,1H3;2-4,7H2,1H3. The number of ether oxygens (including phenoxy) is 1. The molecule has 0 atom stereocenters. The number of aliphatic hydroxyl groups is 1. The van der Waals surface area contributed by atoms with E-state index in [4.69, 9.17) is 10.8 Å². The Bertz CT molecular complexity index is 498. The highest BCUT2D eigenvalue weighted by molar-refractivity contribution is 5.84. The van der Waals surface area contributed by atoms with Crippen LogP contribution in [-0.2, 0) is 20.9 Å². The van der Waals surface area contributed by atoms with Crippen molar-refractivity contribution in [2.45, 2.75) is 26.3 Å². The normalized spacial score (nSPS) is 9.64. The molecule has 0 bridgehead atoms. The van der Waals surface area contributed by atoms with Crippen LogP contribution in [0.2, 0.25) is 0 Å². The Morgan fingerprint density at radius 3 is 2.59 bits per heavy atom. The number of aromatic nitrogens is 2. The molecule has 124 valence electrons. The number of carbonyl (C=O) groups excluding carboxylic acids is 2. The van der Waals surface area contributed by atoms with Crippen molar-refractivity contribution in [2.75, 3.05) is 20.3 Å². The van der Waals surface area contributed by atoms with E-state index < -0.39 is 4.92 Å². The lowest BCUT2D eigenvalue weighted by Crippen LogP contribution is -2.14.